The van der Waals surface area contributed by atoms with Gasteiger partial charge in [-0.25, -0.2) is 4.79 Å². The van der Waals surface area contributed by atoms with E-state index in [2.05, 4.69) is 46.9 Å². The van der Waals surface area contributed by atoms with Crippen LogP contribution in [-0.2, 0) is 9.53 Å². The van der Waals surface area contributed by atoms with Crippen LogP contribution >= 0.6 is 0 Å². The van der Waals surface area contributed by atoms with E-state index in [0.717, 1.165) is 12.8 Å². The number of benzene rings is 1. The van der Waals surface area contributed by atoms with Gasteiger partial charge in [-0.15, -0.1) is 0 Å². The summed E-state index contributed by atoms with van der Waals surface area (Å²) in [6.45, 7) is 14.9. The second kappa shape index (κ2) is 7.59. The molecule has 0 saturated carbocycles. The van der Waals surface area contributed by atoms with Gasteiger partial charge in [0.25, 0.3) is 0 Å². The molecule has 0 aliphatic heterocycles. The van der Waals surface area contributed by atoms with Crippen molar-refractivity contribution < 1.29 is 14.3 Å². The molecule has 1 N–H and O–H groups in total. The number of nitrogens with one attached hydrogen (secondary N) is 1. The Morgan fingerprint density at radius 2 is 1.52 bits per heavy atom. The highest BCUT2D eigenvalue weighted by Gasteiger charge is 2.46. The maximum atomic E-state index is 13.1. The number of ether oxygens (including phenoxy) is 1. The van der Waals surface area contributed by atoms with E-state index in [1.807, 2.05) is 6.92 Å². The van der Waals surface area contributed by atoms with Crippen LogP contribution in [0.4, 0.5) is 5.69 Å². The summed E-state index contributed by atoms with van der Waals surface area (Å²) in [7, 11) is 1.35. The average molecular weight is 347 g/mol. The fraction of sp³-hybridized carbons (Fsp3) is 0.619. The number of esters is 1. The lowest BCUT2D eigenvalue weighted by Crippen LogP contribution is -2.46. The number of anilines is 1. The van der Waals surface area contributed by atoms with Crippen molar-refractivity contribution in [1.82, 2.24) is 0 Å². The largest absolute Gasteiger partial charge is 0.465 e. The number of carbonyl (C=O) groups is 2. The zero-order valence-electron chi connectivity index (χ0n) is 16.9. The average Bonchev–Trinajstić information content (AvgIpc) is 2.53. The standard InChI is InChI=1S/C21H33NO3/c1-9-20(5,6)14-21(7,19(2,3)4)18(24)22-16-12-10-15(11-13-16)17(23)25-8/h10-13H,9,14H2,1-8H3,(H,22,24). The van der Waals surface area contributed by atoms with Crippen molar-refractivity contribution in [3.05, 3.63) is 29.8 Å². The number of amides is 1. The van der Waals surface area contributed by atoms with Crippen LogP contribution in [0.3, 0.4) is 0 Å². The summed E-state index contributed by atoms with van der Waals surface area (Å²) in [4.78, 5) is 24.7. The molecule has 0 aliphatic rings. The summed E-state index contributed by atoms with van der Waals surface area (Å²) >= 11 is 0. The highest BCUT2D eigenvalue weighted by atomic mass is 16.5. The molecule has 0 fully saturated rings. The fourth-order valence-electron chi connectivity index (χ4n) is 2.84. The SMILES string of the molecule is CCC(C)(C)CC(C)(C(=O)Nc1ccc(C(=O)OC)cc1)C(C)(C)C. The summed E-state index contributed by atoms with van der Waals surface area (Å²) in [6.07, 6.45) is 1.81. The molecule has 0 spiro atoms. The molecular weight excluding hydrogens is 314 g/mol. The lowest BCUT2D eigenvalue weighted by molar-refractivity contribution is -0.133. The number of hydrogen-bond donors (Lipinski definition) is 1. The van der Waals surface area contributed by atoms with Crippen molar-refractivity contribution in [2.24, 2.45) is 16.2 Å². The van der Waals surface area contributed by atoms with Gasteiger partial charge in [0.1, 0.15) is 0 Å². The topological polar surface area (TPSA) is 55.4 Å². The molecule has 1 aromatic rings. The third-order valence-corrected chi connectivity index (χ3v) is 5.51. The fourth-order valence-corrected chi connectivity index (χ4v) is 2.84. The van der Waals surface area contributed by atoms with Crippen molar-refractivity contribution in [3.63, 3.8) is 0 Å². The summed E-state index contributed by atoms with van der Waals surface area (Å²) < 4.78 is 4.70. The third kappa shape index (κ3) is 5.07. The predicted octanol–water partition coefficient (Wildman–Crippen LogP) is 5.29. The Labute approximate surface area is 152 Å². The van der Waals surface area contributed by atoms with Crippen LogP contribution in [0, 0.1) is 16.2 Å². The zero-order valence-corrected chi connectivity index (χ0v) is 16.9. The van der Waals surface area contributed by atoms with Crippen LogP contribution in [0.15, 0.2) is 24.3 Å². The van der Waals surface area contributed by atoms with Crippen LogP contribution in [0.2, 0.25) is 0 Å². The van der Waals surface area contributed by atoms with E-state index in [0.29, 0.717) is 11.3 Å². The lowest BCUT2D eigenvalue weighted by atomic mass is 9.60. The van der Waals surface area contributed by atoms with Crippen molar-refractivity contribution >= 4 is 17.6 Å². The van der Waals surface area contributed by atoms with E-state index in [4.69, 9.17) is 4.74 Å². The highest BCUT2D eigenvalue weighted by Crippen LogP contribution is 2.48. The van der Waals surface area contributed by atoms with Gasteiger partial charge < -0.3 is 10.1 Å². The molecule has 140 valence electrons. The van der Waals surface area contributed by atoms with Gasteiger partial charge in [-0.1, -0.05) is 54.9 Å². The number of rotatable bonds is 6. The maximum absolute atomic E-state index is 13.1. The van der Waals surface area contributed by atoms with Gasteiger partial charge in [-0.3, -0.25) is 4.79 Å². The molecule has 1 amide bonds. The maximum Gasteiger partial charge on any atom is 0.337 e. The molecule has 4 nitrogen and oxygen atoms in total. The van der Waals surface area contributed by atoms with Crippen LogP contribution < -0.4 is 5.32 Å². The Balaban J connectivity index is 3.05. The molecule has 1 rings (SSSR count). The van der Waals surface area contributed by atoms with Gasteiger partial charge in [-0.2, -0.15) is 0 Å². The summed E-state index contributed by atoms with van der Waals surface area (Å²) in [6, 6.07) is 6.79. The number of methoxy groups -OCH3 is 1. The van der Waals surface area contributed by atoms with Crippen LogP contribution in [0.5, 0.6) is 0 Å². The molecule has 0 radical (unpaired) electrons. The van der Waals surface area contributed by atoms with Gasteiger partial charge >= 0.3 is 5.97 Å². The van der Waals surface area contributed by atoms with E-state index in [9.17, 15) is 9.59 Å². The van der Waals surface area contributed by atoms with E-state index in [1.165, 1.54) is 7.11 Å². The van der Waals surface area contributed by atoms with Gasteiger partial charge in [0, 0.05) is 5.69 Å². The molecule has 0 aromatic heterocycles. The van der Waals surface area contributed by atoms with Gasteiger partial charge in [-0.05, 0) is 41.5 Å². The van der Waals surface area contributed by atoms with Crippen LogP contribution in [-0.4, -0.2) is 19.0 Å². The minimum absolute atomic E-state index is 0.00680. The third-order valence-electron chi connectivity index (χ3n) is 5.51. The molecule has 1 atom stereocenters. The lowest BCUT2D eigenvalue weighted by Gasteiger charge is -2.45. The van der Waals surface area contributed by atoms with E-state index in [1.54, 1.807) is 24.3 Å². The molecule has 1 unspecified atom stereocenters. The number of carbonyl (C=O) groups excluding carboxylic acids is 2. The normalized spacial score (nSPS) is 14.6. The Hall–Kier alpha value is -1.84. The Kier molecular flexibility index (Phi) is 6.44. The quantitative estimate of drug-likeness (QED) is 0.711. The zero-order chi connectivity index (χ0) is 19.5. The first kappa shape index (κ1) is 21.2. The van der Waals surface area contributed by atoms with Crippen molar-refractivity contribution in [3.8, 4) is 0 Å². The second-order valence-electron chi connectivity index (χ2n) is 8.80. The number of hydrogen-bond acceptors (Lipinski definition) is 3. The molecule has 0 aliphatic carbocycles. The predicted molar refractivity (Wildman–Crippen MR) is 103 cm³/mol. The van der Waals surface area contributed by atoms with E-state index in [-0.39, 0.29) is 22.7 Å². The monoisotopic (exact) mass is 347 g/mol. The summed E-state index contributed by atoms with van der Waals surface area (Å²) in [5, 5.41) is 3.03. The van der Waals surface area contributed by atoms with Gasteiger partial charge in [0.15, 0.2) is 0 Å². The van der Waals surface area contributed by atoms with Crippen molar-refractivity contribution in [2.45, 2.75) is 61.3 Å². The minimum atomic E-state index is -0.520. The van der Waals surface area contributed by atoms with Crippen LogP contribution in [0.1, 0.15) is 71.7 Å². The van der Waals surface area contributed by atoms with Gasteiger partial charge in [0.2, 0.25) is 5.91 Å². The Bertz CT molecular complexity index is 611. The summed E-state index contributed by atoms with van der Waals surface area (Å²) in [5.74, 6) is -0.380. The first-order valence-corrected chi connectivity index (χ1v) is 8.86. The Morgan fingerprint density at radius 1 is 1.00 bits per heavy atom. The molecule has 4 heteroatoms. The molecular formula is C21H33NO3. The van der Waals surface area contributed by atoms with E-state index >= 15 is 0 Å². The first-order valence-electron chi connectivity index (χ1n) is 8.86. The first-order chi connectivity index (χ1) is 11.4. The van der Waals surface area contributed by atoms with Crippen molar-refractivity contribution in [2.75, 3.05) is 12.4 Å². The van der Waals surface area contributed by atoms with Gasteiger partial charge in [0.05, 0.1) is 18.1 Å². The molecule has 0 heterocycles. The van der Waals surface area contributed by atoms with Crippen LogP contribution in [0.25, 0.3) is 0 Å². The summed E-state index contributed by atoms with van der Waals surface area (Å²) in [5.41, 5.74) is 0.519. The van der Waals surface area contributed by atoms with Crippen molar-refractivity contribution in [1.29, 1.82) is 0 Å². The second-order valence-corrected chi connectivity index (χ2v) is 8.80. The molecule has 0 saturated heterocycles. The highest BCUT2D eigenvalue weighted by molar-refractivity contribution is 5.96. The molecule has 25 heavy (non-hydrogen) atoms. The molecule has 0 bridgehead atoms. The van der Waals surface area contributed by atoms with E-state index < -0.39 is 5.41 Å². The molecule has 1 aromatic carbocycles. The Morgan fingerprint density at radius 3 is 1.92 bits per heavy atom. The smallest absolute Gasteiger partial charge is 0.337 e. The minimum Gasteiger partial charge on any atom is -0.465 e.